The lowest BCUT2D eigenvalue weighted by atomic mass is 9.87. The van der Waals surface area contributed by atoms with Crippen LogP contribution in [0.15, 0.2) is 46.3 Å². The minimum Gasteiger partial charge on any atom is -0.319 e. The lowest BCUT2D eigenvalue weighted by Gasteiger charge is -2.25. The Hall–Kier alpha value is -1.99. The number of hydrogen-bond acceptors (Lipinski definition) is 4. The van der Waals surface area contributed by atoms with Crippen molar-refractivity contribution in [3.8, 4) is 0 Å². The number of halogens is 1. The highest BCUT2D eigenvalue weighted by Crippen LogP contribution is 2.32. The summed E-state index contributed by atoms with van der Waals surface area (Å²) in [5.41, 5.74) is -0.381. The summed E-state index contributed by atoms with van der Waals surface area (Å²) in [5, 5.41) is 2.77. The summed E-state index contributed by atoms with van der Waals surface area (Å²) >= 11 is 4.58. The number of imide groups is 1. The second-order valence-corrected chi connectivity index (χ2v) is 7.94. The minimum absolute atomic E-state index is 0.255. The van der Waals surface area contributed by atoms with Gasteiger partial charge in [0.15, 0.2) is 5.78 Å². The molecule has 1 fully saturated rings. The number of hydrogen-bond donors (Lipinski definition) is 1. The summed E-state index contributed by atoms with van der Waals surface area (Å²) in [5.74, 6) is -0.640. The van der Waals surface area contributed by atoms with E-state index in [9.17, 15) is 14.4 Å². The zero-order valence-electron chi connectivity index (χ0n) is 12.9. The lowest BCUT2D eigenvalue weighted by Crippen LogP contribution is -2.43. The quantitative estimate of drug-likeness (QED) is 0.609. The molecule has 1 aromatic heterocycles. The highest BCUT2D eigenvalue weighted by Gasteiger charge is 2.51. The van der Waals surface area contributed by atoms with Gasteiger partial charge in [-0.1, -0.05) is 37.3 Å². The predicted molar refractivity (Wildman–Crippen MR) is 95.0 cm³/mol. The first-order valence-electron chi connectivity index (χ1n) is 7.46. The smallest absolute Gasteiger partial charge is 0.319 e. The Kier molecular flexibility index (Phi) is 4.56. The van der Waals surface area contributed by atoms with Gasteiger partial charge in [-0.25, -0.2) is 4.79 Å². The molecule has 0 aliphatic carbocycles. The summed E-state index contributed by atoms with van der Waals surface area (Å²) < 4.78 is 0.829. The van der Waals surface area contributed by atoms with Gasteiger partial charge in [-0.3, -0.25) is 14.5 Å². The SMILES string of the molecule is CC[C@]1(c2ccccc2)NC(=O)N(CC(=O)c2ccc(Br)s2)C1=O. The van der Waals surface area contributed by atoms with Crippen LogP contribution in [0.1, 0.15) is 28.6 Å². The lowest BCUT2D eigenvalue weighted by molar-refractivity contribution is -0.131. The molecular weight excluding hydrogens is 392 g/mol. The van der Waals surface area contributed by atoms with Crippen LogP contribution in [0.2, 0.25) is 0 Å². The van der Waals surface area contributed by atoms with E-state index in [0.717, 1.165) is 14.2 Å². The van der Waals surface area contributed by atoms with E-state index in [1.165, 1.54) is 11.3 Å². The average Bonchev–Trinajstić information content (AvgIpc) is 3.13. The van der Waals surface area contributed by atoms with Gasteiger partial charge < -0.3 is 5.32 Å². The number of benzene rings is 1. The van der Waals surface area contributed by atoms with Gasteiger partial charge in [-0.05, 0) is 40.0 Å². The number of urea groups is 1. The van der Waals surface area contributed by atoms with Crippen LogP contribution in [-0.2, 0) is 10.3 Å². The Morgan fingerprint density at radius 1 is 1.21 bits per heavy atom. The van der Waals surface area contributed by atoms with Crippen LogP contribution >= 0.6 is 27.3 Å². The maximum atomic E-state index is 12.9. The number of ketones is 1. The van der Waals surface area contributed by atoms with E-state index in [4.69, 9.17) is 0 Å². The maximum Gasteiger partial charge on any atom is 0.325 e. The summed E-state index contributed by atoms with van der Waals surface area (Å²) in [6.45, 7) is 1.58. The van der Waals surface area contributed by atoms with E-state index in [-0.39, 0.29) is 18.2 Å². The molecule has 0 saturated carbocycles. The molecule has 3 amide bonds. The topological polar surface area (TPSA) is 66.5 Å². The van der Waals surface area contributed by atoms with Crippen LogP contribution in [0.5, 0.6) is 0 Å². The molecule has 2 aromatic rings. The second-order valence-electron chi connectivity index (χ2n) is 5.47. The van der Waals surface area contributed by atoms with Crippen LogP contribution in [0, 0.1) is 0 Å². The number of amides is 3. The maximum absolute atomic E-state index is 12.9. The van der Waals surface area contributed by atoms with Crippen LogP contribution in [0.25, 0.3) is 0 Å². The molecule has 5 nitrogen and oxygen atoms in total. The van der Waals surface area contributed by atoms with Gasteiger partial charge in [-0.2, -0.15) is 0 Å². The molecule has 124 valence electrons. The number of carbonyl (C=O) groups excluding carboxylic acids is 3. The summed E-state index contributed by atoms with van der Waals surface area (Å²) in [6, 6.07) is 12.0. The Balaban J connectivity index is 1.87. The summed E-state index contributed by atoms with van der Waals surface area (Å²) in [6.07, 6.45) is 0.414. The van der Waals surface area contributed by atoms with Crippen molar-refractivity contribution in [1.82, 2.24) is 10.2 Å². The van der Waals surface area contributed by atoms with Crippen molar-refractivity contribution >= 4 is 45.0 Å². The van der Waals surface area contributed by atoms with Crippen molar-refractivity contribution in [3.05, 3.63) is 56.7 Å². The fourth-order valence-corrected chi connectivity index (χ4v) is 4.13. The third kappa shape index (κ3) is 2.78. The van der Waals surface area contributed by atoms with Gasteiger partial charge in [0.25, 0.3) is 5.91 Å². The number of rotatable bonds is 5. The van der Waals surface area contributed by atoms with Crippen LogP contribution in [-0.4, -0.2) is 29.2 Å². The van der Waals surface area contributed by atoms with E-state index in [2.05, 4.69) is 21.2 Å². The molecule has 1 aliphatic rings. The molecule has 1 atom stereocenters. The minimum atomic E-state index is -1.10. The van der Waals surface area contributed by atoms with Crippen molar-refractivity contribution in [2.75, 3.05) is 6.54 Å². The molecule has 7 heteroatoms. The highest BCUT2D eigenvalue weighted by atomic mass is 79.9. The van der Waals surface area contributed by atoms with Gasteiger partial charge in [-0.15, -0.1) is 11.3 Å². The summed E-state index contributed by atoms with van der Waals surface area (Å²) in [4.78, 5) is 39.1. The normalized spacial score (nSPS) is 20.3. The number of carbonyl (C=O) groups is 3. The van der Waals surface area contributed by atoms with Gasteiger partial charge in [0.1, 0.15) is 5.54 Å². The Bertz CT molecular complexity index is 805. The molecule has 3 rings (SSSR count). The first-order chi connectivity index (χ1) is 11.5. The van der Waals surface area contributed by atoms with Crippen molar-refractivity contribution in [1.29, 1.82) is 0 Å². The average molecular weight is 407 g/mol. The van der Waals surface area contributed by atoms with Crippen LogP contribution < -0.4 is 5.32 Å². The highest BCUT2D eigenvalue weighted by molar-refractivity contribution is 9.11. The van der Waals surface area contributed by atoms with Gasteiger partial charge in [0.2, 0.25) is 0 Å². The van der Waals surface area contributed by atoms with E-state index in [1.807, 2.05) is 37.3 Å². The molecule has 1 aliphatic heterocycles. The van der Waals surface area contributed by atoms with E-state index >= 15 is 0 Å². The second kappa shape index (κ2) is 6.49. The molecule has 2 heterocycles. The molecule has 0 bridgehead atoms. The van der Waals surface area contributed by atoms with Crippen molar-refractivity contribution < 1.29 is 14.4 Å². The first-order valence-corrected chi connectivity index (χ1v) is 9.07. The van der Waals surface area contributed by atoms with Gasteiger partial charge in [0, 0.05) is 0 Å². The number of nitrogens with one attached hydrogen (secondary N) is 1. The summed E-state index contributed by atoms with van der Waals surface area (Å²) in [7, 11) is 0. The Labute approximate surface area is 151 Å². The molecule has 0 spiro atoms. The largest absolute Gasteiger partial charge is 0.325 e. The Morgan fingerprint density at radius 2 is 1.92 bits per heavy atom. The number of Topliss-reactive ketones (excluding diaryl/α,β-unsaturated/α-hetero) is 1. The molecule has 1 saturated heterocycles. The number of nitrogens with zero attached hydrogens (tertiary/aromatic N) is 1. The molecular formula is C17H15BrN2O3S. The molecule has 1 aromatic carbocycles. The molecule has 0 radical (unpaired) electrons. The van der Waals surface area contributed by atoms with E-state index in [0.29, 0.717) is 11.3 Å². The van der Waals surface area contributed by atoms with E-state index in [1.54, 1.807) is 12.1 Å². The molecule has 1 N–H and O–H groups in total. The zero-order chi connectivity index (χ0) is 17.3. The monoisotopic (exact) mass is 406 g/mol. The fourth-order valence-electron chi connectivity index (χ4n) is 2.82. The third-order valence-electron chi connectivity index (χ3n) is 4.12. The van der Waals surface area contributed by atoms with Crippen molar-refractivity contribution in [2.45, 2.75) is 18.9 Å². The standard InChI is InChI=1S/C17H15BrN2O3S/c1-2-17(11-6-4-3-5-7-11)15(22)20(16(23)19-17)10-12(21)13-8-9-14(18)24-13/h3-9H,2,10H2,1H3,(H,19,23)/t17-/m1/s1. The predicted octanol–water partition coefficient (Wildman–Crippen LogP) is 3.55. The van der Waals surface area contributed by atoms with Crippen LogP contribution in [0.3, 0.4) is 0 Å². The third-order valence-corrected chi connectivity index (χ3v) is 5.79. The van der Waals surface area contributed by atoms with Crippen LogP contribution in [0.4, 0.5) is 4.79 Å². The van der Waals surface area contributed by atoms with Crippen molar-refractivity contribution in [2.24, 2.45) is 0 Å². The number of thiophene rings is 1. The first kappa shape index (κ1) is 16.9. The Morgan fingerprint density at radius 3 is 2.50 bits per heavy atom. The zero-order valence-corrected chi connectivity index (χ0v) is 15.3. The molecule has 24 heavy (non-hydrogen) atoms. The fraction of sp³-hybridized carbons (Fsp3) is 0.235. The van der Waals surface area contributed by atoms with Gasteiger partial charge >= 0.3 is 6.03 Å². The van der Waals surface area contributed by atoms with Gasteiger partial charge in [0.05, 0.1) is 15.2 Å². The van der Waals surface area contributed by atoms with Crippen molar-refractivity contribution in [3.63, 3.8) is 0 Å². The van der Waals surface area contributed by atoms with E-state index < -0.39 is 11.6 Å². The molecule has 0 unspecified atom stereocenters.